The van der Waals surface area contributed by atoms with E-state index in [1.54, 1.807) is 0 Å². The molecule has 1 aromatic rings. The highest BCUT2D eigenvalue weighted by atomic mass is 19.4. The molecule has 8 heteroatoms. The van der Waals surface area contributed by atoms with E-state index in [2.05, 4.69) is 5.10 Å². The first-order valence-electron chi connectivity index (χ1n) is 5.23. The largest absolute Gasteiger partial charge is 0.435 e. The fourth-order valence-electron chi connectivity index (χ4n) is 1.57. The van der Waals surface area contributed by atoms with E-state index in [9.17, 15) is 18.0 Å². The molecule has 0 radical (unpaired) electrons. The van der Waals surface area contributed by atoms with Crippen molar-refractivity contribution < 1.29 is 18.0 Å². The van der Waals surface area contributed by atoms with Crippen molar-refractivity contribution in [1.29, 1.82) is 0 Å². The number of carbonyl (C=O) groups excluding carboxylic acids is 1. The number of nitrogens with two attached hydrogens (primary N) is 1. The van der Waals surface area contributed by atoms with Crippen LogP contribution in [-0.2, 0) is 24.6 Å². The number of aryl methyl sites for hydroxylation is 1. The molecule has 1 amide bonds. The van der Waals surface area contributed by atoms with E-state index < -0.39 is 23.8 Å². The average molecular weight is 264 g/mol. The molecule has 0 aliphatic carbocycles. The van der Waals surface area contributed by atoms with Gasteiger partial charge in [0, 0.05) is 32.4 Å². The second-order valence-electron chi connectivity index (χ2n) is 4.16. The molecular weight excluding hydrogens is 249 g/mol. The zero-order chi connectivity index (χ0) is 14.1. The number of nitrogens with zero attached hydrogens (tertiary/aromatic N) is 3. The van der Waals surface area contributed by atoms with Crippen molar-refractivity contribution in [2.45, 2.75) is 25.7 Å². The van der Waals surface area contributed by atoms with Crippen LogP contribution in [0.25, 0.3) is 0 Å². The van der Waals surface area contributed by atoms with Crippen LogP contribution in [0.15, 0.2) is 6.20 Å². The van der Waals surface area contributed by atoms with E-state index in [0.29, 0.717) is 0 Å². The van der Waals surface area contributed by atoms with Gasteiger partial charge in [0.05, 0.1) is 6.04 Å². The highest BCUT2D eigenvalue weighted by Crippen LogP contribution is 2.30. The molecule has 0 spiro atoms. The van der Waals surface area contributed by atoms with Crippen molar-refractivity contribution in [3.8, 4) is 0 Å². The van der Waals surface area contributed by atoms with E-state index in [-0.39, 0.29) is 12.1 Å². The maximum absolute atomic E-state index is 12.7. The Kier molecular flexibility index (Phi) is 4.00. The Labute approximate surface area is 102 Å². The van der Waals surface area contributed by atoms with Crippen LogP contribution in [-0.4, -0.2) is 33.7 Å². The molecule has 0 saturated carbocycles. The van der Waals surface area contributed by atoms with Gasteiger partial charge in [-0.15, -0.1) is 0 Å². The molecule has 1 unspecified atom stereocenters. The molecule has 0 bridgehead atoms. The van der Waals surface area contributed by atoms with Crippen molar-refractivity contribution in [2.75, 3.05) is 7.05 Å². The predicted octanol–water partition coefficient (Wildman–Crippen LogP) is 0.745. The molecule has 0 fully saturated rings. The Morgan fingerprint density at radius 3 is 2.61 bits per heavy atom. The van der Waals surface area contributed by atoms with E-state index in [0.717, 1.165) is 9.58 Å². The summed E-state index contributed by atoms with van der Waals surface area (Å²) in [4.78, 5) is 12.7. The Hall–Kier alpha value is -1.57. The summed E-state index contributed by atoms with van der Waals surface area (Å²) < 4.78 is 39.1. The van der Waals surface area contributed by atoms with Crippen LogP contribution in [0.5, 0.6) is 0 Å². The highest BCUT2D eigenvalue weighted by molar-refractivity contribution is 5.80. The van der Waals surface area contributed by atoms with Gasteiger partial charge in [0.25, 0.3) is 0 Å². The topological polar surface area (TPSA) is 64.2 Å². The summed E-state index contributed by atoms with van der Waals surface area (Å²) in [6.45, 7) is 1.30. The van der Waals surface area contributed by atoms with Gasteiger partial charge in [0.1, 0.15) is 0 Å². The number of amides is 1. The summed E-state index contributed by atoms with van der Waals surface area (Å²) >= 11 is 0. The SMILES string of the molecule is CC(N)C(=O)N(C)Cc1cn(C)nc1C(F)(F)F. The van der Waals surface area contributed by atoms with Crippen molar-refractivity contribution in [3.63, 3.8) is 0 Å². The van der Waals surface area contributed by atoms with Crippen LogP contribution >= 0.6 is 0 Å². The van der Waals surface area contributed by atoms with Crippen LogP contribution < -0.4 is 5.73 Å². The number of rotatable bonds is 3. The molecule has 1 heterocycles. The quantitative estimate of drug-likeness (QED) is 0.876. The summed E-state index contributed by atoms with van der Waals surface area (Å²) in [6.07, 6.45) is -3.29. The van der Waals surface area contributed by atoms with Gasteiger partial charge >= 0.3 is 6.18 Å². The van der Waals surface area contributed by atoms with Gasteiger partial charge in [-0.2, -0.15) is 18.3 Å². The molecule has 2 N–H and O–H groups in total. The van der Waals surface area contributed by atoms with Crippen molar-refractivity contribution in [1.82, 2.24) is 14.7 Å². The number of halogens is 3. The monoisotopic (exact) mass is 264 g/mol. The number of likely N-dealkylation sites (N-methyl/N-ethyl adjacent to an activating group) is 1. The minimum absolute atomic E-state index is 0.0542. The zero-order valence-corrected chi connectivity index (χ0v) is 10.3. The van der Waals surface area contributed by atoms with Gasteiger partial charge in [0.15, 0.2) is 5.69 Å². The first-order valence-corrected chi connectivity index (χ1v) is 5.23. The zero-order valence-electron chi connectivity index (χ0n) is 10.3. The Bertz CT molecular complexity index is 439. The Morgan fingerprint density at radius 2 is 2.17 bits per heavy atom. The molecule has 102 valence electrons. The molecule has 18 heavy (non-hydrogen) atoms. The van der Waals surface area contributed by atoms with Crippen LogP contribution in [0, 0.1) is 0 Å². The van der Waals surface area contributed by atoms with Gasteiger partial charge in [-0.1, -0.05) is 0 Å². The minimum Gasteiger partial charge on any atom is -0.340 e. The lowest BCUT2D eigenvalue weighted by Gasteiger charge is -2.19. The first-order chi connectivity index (χ1) is 8.12. The smallest absolute Gasteiger partial charge is 0.340 e. The third-order valence-electron chi connectivity index (χ3n) is 2.35. The van der Waals surface area contributed by atoms with Crippen LogP contribution in [0.2, 0.25) is 0 Å². The van der Waals surface area contributed by atoms with Crippen LogP contribution in [0.3, 0.4) is 0 Å². The molecule has 0 aromatic carbocycles. The Morgan fingerprint density at radius 1 is 1.61 bits per heavy atom. The number of aromatic nitrogens is 2. The fraction of sp³-hybridized carbons (Fsp3) is 0.600. The van der Waals surface area contributed by atoms with Gasteiger partial charge < -0.3 is 10.6 Å². The molecule has 1 aromatic heterocycles. The van der Waals surface area contributed by atoms with Crippen LogP contribution in [0.4, 0.5) is 13.2 Å². The second-order valence-corrected chi connectivity index (χ2v) is 4.16. The summed E-state index contributed by atoms with van der Waals surface area (Å²) in [7, 11) is 2.80. The lowest BCUT2D eigenvalue weighted by Crippen LogP contribution is -2.39. The van der Waals surface area contributed by atoms with E-state index in [4.69, 9.17) is 5.73 Å². The third-order valence-corrected chi connectivity index (χ3v) is 2.35. The maximum Gasteiger partial charge on any atom is 0.435 e. The van der Waals surface area contributed by atoms with Crippen molar-refractivity contribution in [2.24, 2.45) is 12.8 Å². The Balaban J connectivity index is 2.95. The fourth-order valence-corrected chi connectivity index (χ4v) is 1.57. The first kappa shape index (κ1) is 14.5. The minimum atomic E-state index is -4.53. The second kappa shape index (κ2) is 4.97. The molecule has 1 rings (SSSR count). The molecular formula is C10H15F3N4O. The lowest BCUT2D eigenvalue weighted by atomic mass is 10.2. The van der Waals surface area contributed by atoms with E-state index in [1.807, 2.05) is 0 Å². The average Bonchev–Trinajstić information content (AvgIpc) is 2.57. The van der Waals surface area contributed by atoms with Crippen molar-refractivity contribution >= 4 is 5.91 Å². The molecule has 0 aliphatic heterocycles. The number of alkyl halides is 3. The predicted molar refractivity (Wildman–Crippen MR) is 58.3 cm³/mol. The summed E-state index contributed by atoms with van der Waals surface area (Å²) in [5.41, 5.74) is 4.35. The number of hydrogen-bond donors (Lipinski definition) is 1. The molecule has 0 aliphatic rings. The van der Waals surface area contributed by atoms with Gasteiger partial charge in [0.2, 0.25) is 5.91 Å². The third kappa shape index (κ3) is 3.22. The molecule has 1 atom stereocenters. The van der Waals surface area contributed by atoms with E-state index >= 15 is 0 Å². The van der Waals surface area contributed by atoms with Crippen molar-refractivity contribution in [3.05, 3.63) is 17.5 Å². The molecule has 0 saturated heterocycles. The van der Waals surface area contributed by atoms with E-state index in [1.165, 1.54) is 27.2 Å². The lowest BCUT2D eigenvalue weighted by molar-refractivity contribution is -0.143. The maximum atomic E-state index is 12.7. The van der Waals surface area contributed by atoms with Crippen LogP contribution in [0.1, 0.15) is 18.2 Å². The van der Waals surface area contributed by atoms with Gasteiger partial charge in [-0.05, 0) is 6.92 Å². The molecule has 5 nitrogen and oxygen atoms in total. The number of hydrogen-bond acceptors (Lipinski definition) is 3. The summed E-state index contributed by atoms with van der Waals surface area (Å²) in [5, 5.41) is 3.36. The normalized spacial score (nSPS) is 13.5. The summed E-state index contributed by atoms with van der Waals surface area (Å²) in [5.74, 6) is -0.424. The van der Waals surface area contributed by atoms with Gasteiger partial charge in [-0.25, -0.2) is 0 Å². The summed E-state index contributed by atoms with van der Waals surface area (Å²) in [6, 6.07) is -0.749. The van der Waals surface area contributed by atoms with Gasteiger partial charge in [-0.3, -0.25) is 9.48 Å². The number of carbonyl (C=O) groups is 1. The standard InChI is InChI=1S/C10H15F3N4O/c1-6(14)9(18)16(2)4-7-5-17(3)15-8(7)10(11,12)13/h5-6H,4,14H2,1-3H3. The highest BCUT2D eigenvalue weighted by Gasteiger charge is 2.37.